The van der Waals surface area contributed by atoms with Crippen LogP contribution in [0.5, 0.6) is 5.75 Å². The summed E-state index contributed by atoms with van der Waals surface area (Å²) in [6.07, 6.45) is 0. The molecule has 3 heteroatoms. The number of carbonyl (C=O) groups is 1. The normalized spacial score (nSPS) is 10.4. The minimum atomic E-state index is -1.49. The molecule has 0 aliphatic heterocycles. The van der Waals surface area contributed by atoms with Gasteiger partial charge >= 0.3 is 95.5 Å². The maximum absolute atomic E-state index is 12.0. The molecule has 15 heavy (non-hydrogen) atoms. The van der Waals surface area contributed by atoms with E-state index in [1.807, 2.05) is 24.3 Å². The van der Waals surface area contributed by atoms with Crippen LogP contribution in [0.4, 0.5) is 0 Å². The van der Waals surface area contributed by atoms with Gasteiger partial charge in [0.1, 0.15) is 0 Å². The maximum atomic E-state index is 12.0. The topological polar surface area (TPSA) is 26.3 Å². The Hall–Kier alpha value is -0.767. The Morgan fingerprint density at radius 1 is 1.20 bits per heavy atom. The van der Waals surface area contributed by atoms with Crippen LogP contribution in [0, 0.1) is 0 Å². The van der Waals surface area contributed by atoms with E-state index in [4.69, 9.17) is 4.74 Å². The van der Waals surface area contributed by atoms with Crippen LogP contribution in [-0.4, -0.2) is 26.1 Å². The fourth-order valence-corrected chi connectivity index (χ4v) is 5.12. The van der Waals surface area contributed by atoms with Crippen LogP contribution >= 0.6 is 0 Å². The second-order valence-electron chi connectivity index (χ2n) is 3.37. The van der Waals surface area contributed by atoms with Crippen molar-refractivity contribution < 1.29 is 9.53 Å². The first-order valence-corrected chi connectivity index (χ1v) is 9.28. The Balaban J connectivity index is 2.82. The van der Waals surface area contributed by atoms with E-state index < -0.39 is 14.3 Å². The van der Waals surface area contributed by atoms with E-state index in [1.54, 1.807) is 7.11 Å². The predicted octanol–water partition coefficient (Wildman–Crippen LogP) is 2.95. The second kappa shape index (κ2) is 5.96. The Morgan fingerprint density at radius 3 is 2.13 bits per heavy atom. The van der Waals surface area contributed by atoms with E-state index in [1.165, 1.54) is 0 Å². The van der Waals surface area contributed by atoms with E-state index in [2.05, 4.69) is 13.8 Å². The molecule has 0 aliphatic rings. The van der Waals surface area contributed by atoms with Gasteiger partial charge in [0.05, 0.1) is 0 Å². The van der Waals surface area contributed by atoms with Crippen LogP contribution in [0.3, 0.4) is 0 Å². The summed E-state index contributed by atoms with van der Waals surface area (Å²) in [5.41, 5.74) is 0.856. The third-order valence-corrected chi connectivity index (χ3v) is 8.06. The molecule has 81 valence electrons. The fraction of sp³-hybridized carbons (Fsp3) is 0.417. The van der Waals surface area contributed by atoms with Gasteiger partial charge in [-0.3, -0.25) is 0 Å². The summed E-state index contributed by atoms with van der Waals surface area (Å²) in [4.78, 5) is 12.0. The number of ether oxygens (including phenoxy) is 1. The molecule has 0 aromatic heterocycles. The summed E-state index contributed by atoms with van der Waals surface area (Å²) in [7, 11) is 1.63. The van der Waals surface area contributed by atoms with Crippen molar-refractivity contribution >= 4 is 19.0 Å². The third kappa shape index (κ3) is 3.09. The first kappa shape index (κ1) is 12.3. The molecule has 2 nitrogen and oxygen atoms in total. The molecule has 0 amide bonds. The number of carbonyl (C=O) groups excluding carboxylic acids is 1. The van der Waals surface area contributed by atoms with Crippen molar-refractivity contribution in [3.63, 3.8) is 0 Å². The molecule has 0 saturated heterocycles. The van der Waals surface area contributed by atoms with Crippen LogP contribution in [0.15, 0.2) is 24.3 Å². The van der Waals surface area contributed by atoms with Gasteiger partial charge in [-0.15, -0.1) is 0 Å². The Kier molecular flexibility index (Phi) is 4.89. The van der Waals surface area contributed by atoms with E-state index in [0.717, 1.165) is 21.8 Å². The molecule has 1 radical (unpaired) electrons. The van der Waals surface area contributed by atoms with E-state index >= 15 is 0 Å². The molecule has 0 bridgehead atoms. The molecule has 0 heterocycles. The molecule has 0 aliphatic carbocycles. The van der Waals surface area contributed by atoms with Crippen LogP contribution < -0.4 is 4.74 Å². The van der Waals surface area contributed by atoms with E-state index in [0.29, 0.717) is 4.62 Å². The molecule has 0 atom stereocenters. The van der Waals surface area contributed by atoms with Gasteiger partial charge in [0.25, 0.3) is 0 Å². The number of hydrogen-bond donors (Lipinski definition) is 0. The monoisotopic (exact) mass is 267 g/mol. The van der Waals surface area contributed by atoms with Crippen LogP contribution in [0.25, 0.3) is 0 Å². The summed E-state index contributed by atoms with van der Waals surface area (Å²) >= 11 is -1.49. The third-order valence-electron chi connectivity index (χ3n) is 2.53. The first-order valence-electron chi connectivity index (χ1n) is 5.26. The summed E-state index contributed by atoms with van der Waals surface area (Å²) in [6.45, 7) is 4.25. The number of rotatable bonds is 5. The zero-order valence-electron chi connectivity index (χ0n) is 9.54. The Bertz CT molecular complexity index is 315. The van der Waals surface area contributed by atoms with Gasteiger partial charge < -0.3 is 0 Å². The average molecular weight is 266 g/mol. The van der Waals surface area contributed by atoms with Gasteiger partial charge in [-0.2, -0.15) is 0 Å². The van der Waals surface area contributed by atoms with Crippen LogP contribution in [0.2, 0.25) is 10.5 Å². The average Bonchev–Trinajstić information content (AvgIpc) is 2.30. The molecule has 1 aromatic rings. The van der Waals surface area contributed by atoms with Gasteiger partial charge in [-0.1, -0.05) is 0 Å². The molecule has 0 unspecified atom stereocenters. The summed E-state index contributed by atoms with van der Waals surface area (Å²) < 4.78 is 5.47. The van der Waals surface area contributed by atoms with Crippen molar-refractivity contribution in [2.45, 2.75) is 24.4 Å². The quantitative estimate of drug-likeness (QED) is 0.766. The molecule has 0 spiro atoms. The number of methoxy groups -OCH3 is 1. The van der Waals surface area contributed by atoms with Crippen molar-refractivity contribution in [3.05, 3.63) is 29.8 Å². The predicted molar refractivity (Wildman–Crippen MR) is 64.0 cm³/mol. The molecule has 0 fully saturated rings. The second-order valence-corrected chi connectivity index (χ2v) is 9.82. The molecular formula is C12H17GeO2. The minimum absolute atomic E-state index is 0.405. The molecular weight excluding hydrogens is 249 g/mol. The first-order chi connectivity index (χ1) is 7.22. The van der Waals surface area contributed by atoms with Crippen LogP contribution in [-0.2, 0) is 0 Å². The fourth-order valence-electron chi connectivity index (χ4n) is 1.52. The van der Waals surface area contributed by atoms with Gasteiger partial charge in [0, 0.05) is 0 Å². The van der Waals surface area contributed by atoms with Crippen molar-refractivity contribution in [2.75, 3.05) is 7.11 Å². The SMILES string of the molecule is C[CH2][Ge]([CH2]C)[C](=O)c1ccc(OC)cc1. The van der Waals surface area contributed by atoms with Crippen molar-refractivity contribution in [1.82, 2.24) is 0 Å². The Labute approximate surface area is 95.7 Å². The standard InChI is InChI=1S/C12H17GeO2/c1-4-13(5-2)12(14)10-6-8-11(15-3)9-7-10/h6-9H,4-5H2,1-3H3. The van der Waals surface area contributed by atoms with E-state index in [9.17, 15) is 4.79 Å². The van der Waals surface area contributed by atoms with Gasteiger partial charge in [0.2, 0.25) is 0 Å². The Morgan fingerprint density at radius 2 is 1.73 bits per heavy atom. The molecule has 0 saturated carbocycles. The van der Waals surface area contributed by atoms with Crippen LogP contribution in [0.1, 0.15) is 24.2 Å². The van der Waals surface area contributed by atoms with Crippen molar-refractivity contribution in [3.8, 4) is 5.75 Å². The van der Waals surface area contributed by atoms with Crippen molar-refractivity contribution in [2.24, 2.45) is 0 Å². The van der Waals surface area contributed by atoms with E-state index in [-0.39, 0.29) is 0 Å². The van der Waals surface area contributed by atoms with Gasteiger partial charge in [0.15, 0.2) is 0 Å². The summed E-state index contributed by atoms with van der Waals surface area (Å²) in [6, 6.07) is 7.46. The van der Waals surface area contributed by atoms with Gasteiger partial charge in [-0.05, 0) is 0 Å². The number of hydrogen-bond acceptors (Lipinski definition) is 2. The van der Waals surface area contributed by atoms with Crippen molar-refractivity contribution in [1.29, 1.82) is 0 Å². The summed E-state index contributed by atoms with van der Waals surface area (Å²) in [5.74, 6) is 0.807. The summed E-state index contributed by atoms with van der Waals surface area (Å²) in [5, 5.41) is 2.14. The number of benzene rings is 1. The molecule has 1 aromatic carbocycles. The zero-order valence-corrected chi connectivity index (χ0v) is 11.6. The zero-order chi connectivity index (χ0) is 11.3. The molecule has 1 rings (SSSR count). The van der Waals surface area contributed by atoms with Gasteiger partial charge in [-0.25, -0.2) is 0 Å². The molecule has 0 N–H and O–H groups in total.